The van der Waals surface area contributed by atoms with E-state index in [-0.39, 0.29) is 11.9 Å². The van der Waals surface area contributed by atoms with Crippen molar-refractivity contribution in [3.8, 4) is 0 Å². The van der Waals surface area contributed by atoms with Gasteiger partial charge in [0.1, 0.15) is 0 Å². The number of hydrogen-bond donors (Lipinski definition) is 1. The maximum atomic E-state index is 12.3. The van der Waals surface area contributed by atoms with Gasteiger partial charge in [-0.1, -0.05) is 19.1 Å². The summed E-state index contributed by atoms with van der Waals surface area (Å²) in [7, 11) is 1.89. The van der Waals surface area contributed by atoms with Crippen LogP contribution in [0.1, 0.15) is 31.5 Å². The SMILES string of the molecule is CCC(NC(=O)CCn1cnc2ccccc21)c1ccnn1C. The van der Waals surface area contributed by atoms with Gasteiger partial charge in [-0.3, -0.25) is 9.48 Å². The molecule has 0 bridgehead atoms. The van der Waals surface area contributed by atoms with Crippen LogP contribution in [-0.4, -0.2) is 25.2 Å². The fourth-order valence-electron chi connectivity index (χ4n) is 2.79. The Kier molecular flexibility index (Phi) is 4.41. The van der Waals surface area contributed by atoms with Gasteiger partial charge >= 0.3 is 0 Å². The number of benzene rings is 1. The highest BCUT2D eigenvalue weighted by molar-refractivity contribution is 5.77. The summed E-state index contributed by atoms with van der Waals surface area (Å²) in [6.45, 7) is 2.68. The first-order valence-corrected chi connectivity index (χ1v) is 7.86. The summed E-state index contributed by atoms with van der Waals surface area (Å²) < 4.78 is 3.82. The van der Waals surface area contributed by atoms with Gasteiger partial charge < -0.3 is 9.88 Å². The topological polar surface area (TPSA) is 64.7 Å². The zero-order valence-corrected chi connectivity index (χ0v) is 13.4. The average molecular weight is 311 g/mol. The van der Waals surface area contributed by atoms with Gasteiger partial charge in [-0.15, -0.1) is 0 Å². The number of carbonyl (C=O) groups is 1. The lowest BCUT2D eigenvalue weighted by Crippen LogP contribution is -2.30. The molecule has 0 spiro atoms. The van der Waals surface area contributed by atoms with E-state index >= 15 is 0 Å². The molecule has 0 saturated heterocycles. The van der Waals surface area contributed by atoms with Gasteiger partial charge in [0, 0.05) is 26.2 Å². The number of carbonyl (C=O) groups excluding carboxylic acids is 1. The van der Waals surface area contributed by atoms with Gasteiger partial charge in [-0.2, -0.15) is 5.10 Å². The van der Waals surface area contributed by atoms with Crippen LogP contribution in [0.5, 0.6) is 0 Å². The van der Waals surface area contributed by atoms with Crippen molar-refractivity contribution in [3.05, 3.63) is 48.5 Å². The van der Waals surface area contributed by atoms with E-state index in [2.05, 4.69) is 22.3 Å². The summed E-state index contributed by atoms with van der Waals surface area (Å²) in [5.41, 5.74) is 3.03. The Labute approximate surface area is 135 Å². The molecule has 0 fully saturated rings. The maximum Gasteiger partial charge on any atom is 0.222 e. The first kappa shape index (κ1) is 15.3. The Hall–Kier alpha value is -2.63. The van der Waals surface area contributed by atoms with E-state index in [1.54, 1.807) is 17.2 Å². The Morgan fingerprint density at radius 2 is 2.13 bits per heavy atom. The zero-order valence-electron chi connectivity index (χ0n) is 13.4. The molecular formula is C17H21N5O. The third-order valence-corrected chi connectivity index (χ3v) is 4.07. The van der Waals surface area contributed by atoms with Crippen molar-refractivity contribution in [1.29, 1.82) is 0 Å². The van der Waals surface area contributed by atoms with E-state index < -0.39 is 0 Å². The van der Waals surface area contributed by atoms with E-state index in [4.69, 9.17) is 0 Å². The minimum atomic E-state index is -0.00506. The van der Waals surface area contributed by atoms with E-state index in [0.717, 1.165) is 23.1 Å². The van der Waals surface area contributed by atoms with Gasteiger partial charge in [0.25, 0.3) is 0 Å². The van der Waals surface area contributed by atoms with Crippen molar-refractivity contribution in [2.24, 2.45) is 7.05 Å². The minimum Gasteiger partial charge on any atom is -0.348 e. The lowest BCUT2D eigenvalue weighted by Gasteiger charge is -2.17. The molecule has 2 aromatic heterocycles. The first-order chi connectivity index (χ1) is 11.2. The van der Waals surface area contributed by atoms with Crippen LogP contribution in [0, 0.1) is 0 Å². The fraction of sp³-hybridized carbons (Fsp3) is 0.353. The van der Waals surface area contributed by atoms with Crippen LogP contribution in [-0.2, 0) is 18.4 Å². The average Bonchev–Trinajstić information content (AvgIpc) is 3.17. The number of aromatic nitrogens is 4. The smallest absolute Gasteiger partial charge is 0.222 e. The molecule has 1 N–H and O–H groups in total. The molecule has 0 radical (unpaired) electrons. The van der Waals surface area contributed by atoms with Crippen LogP contribution in [0.25, 0.3) is 11.0 Å². The van der Waals surface area contributed by atoms with Crippen molar-refractivity contribution in [2.75, 3.05) is 0 Å². The van der Waals surface area contributed by atoms with Crippen molar-refractivity contribution < 1.29 is 4.79 Å². The van der Waals surface area contributed by atoms with Crippen molar-refractivity contribution >= 4 is 16.9 Å². The number of fused-ring (bicyclic) bond motifs is 1. The third kappa shape index (κ3) is 3.26. The molecule has 0 aliphatic heterocycles. The molecule has 0 aliphatic rings. The predicted octanol–water partition coefficient (Wildman–Crippen LogP) is 2.43. The van der Waals surface area contributed by atoms with Crippen LogP contribution in [0.15, 0.2) is 42.9 Å². The molecule has 1 unspecified atom stereocenters. The lowest BCUT2D eigenvalue weighted by atomic mass is 10.1. The second-order valence-electron chi connectivity index (χ2n) is 5.58. The van der Waals surface area contributed by atoms with Gasteiger partial charge in [0.15, 0.2) is 0 Å². The second-order valence-corrected chi connectivity index (χ2v) is 5.58. The molecule has 1 amide bonds. The van der Waals surface area contributed by atoms with Gasteiger partial charge in [0.2, 0.25) is 5.91 Å². The second kappa shape index (κ2) is 6.64. The minimum absolute atomic E-state index is 0.00506. The summed E-state index contributed by atoms with van der Waals surface area (Å²) in [4.78, 5) is 16.6. The molecule has 6 nitrogen and oxygen atoms in total. The number of amides is 1. The molecule has 120 valence electrons. The predicted molar refractivity (Wildman–Crippen MR) is 88.7 cm³/mol. The monoisotopic (exact) mass is 311 g/mol. The number of hydrogen-bond acceptors (Lipinski definition) is 3. The molecule has 3 rings (SSSR count). The normalized spacial score (nSPS) is 12.4. The highest BCUT2D eigenvalue weighted by Crippen LogP contribution is 2.16. The quantitative estimate of drug-likeness (QED) is 0.760. The fourth-order valence-corrected chi connectivity index (χ4v) is 2.79. The molecule has 1 aromatic carbocycles. The number of rotatable bonds is 6. The standard InChI is InChI=1S/C17H21N5O/c1-3-13(15-8-10-19-21(15)2)20-17(23)9-11-22-12-18-14-6-4-5-7-16(14)22/h4-8,10,12-13H,3,9,11H2,1-2H3,(H,20,23). The highest BCUT2D eigenvalue weighted by atomic mass is 16.1. The molecule has 6 heteroatoms. The Balaban J connectivity index is 1.62. The van der Waals surface area contributed by atoms with E-state index in [0.29, 0.717) is 13.0 Å². The van der Waals surface area contributed by atoms with Crippen molar-refractivity contribution in [3.63, 3.8) is 0 Å². The zero-order chi connectivity index (χ0) is 16.2. The van der Waals surface area contributed by atoms with E-state index in [1.165, 1.54) is 0 Å². The van der Waals surface area contributed by atoms with Crippen molar-refractivity contribution in [2.45, 2.75) is 32.4 Å². The summed E-state index contributed by atoms with van der Waals surface area (Å²) in [6.07, 6.45) is 4.80. The highest BCUT2D eigenvalue weighted by Gasteiger charge is 2.15. The lowest BCUT2D eigenvalue weighted by molar-refractivity contribution is -0.122. The van der Waals surface area contributed by atoms with Gasteiger partial charge in [-0.25, -0.2) is 4.98 Å². The largest absolute Gasteiger partial charge is 0.348 e. The maximum absolute atomic E-state index is 12.3. The Morgan fingerprint density at radius 3 is 2.87 bits per heavy atom. The summed E-state index contributed by atoms with van der Waals surface area (Å²) >= 11 is 0. The van der Waals surface area contributed by atoms with Crippen LogP contribution < -0.4 is 5.32 Å². The number of aryl methyl sites for hydroxylation is 2. The molecule has 1 atom stereocenters. The molecular weight excluding hydrogens is 290 g/mol. The van der Waals surface area contributed by atoms with E-state index in [1.807, 2.05) is 41.9 Å². The molecule has 0 aliphatic carbocycles. The number of imidazole rings is 1. The van der Waals surface area contributed by atoms with E-state index in [9.17, 15) is 4.79 Å². The van der Waals surface area contributed by atoms with Crippen LogP contribution in [0.3, 0.4) is 0 Å². The third-order valence-electron chi connectivity index (χ3n) is 4.07. The number of nitrogens with one attached hydrogen (secondary N) is 1. The number of nitrogens with zero attached hydrogens (tertiary/aromatic N) is 4. The molecule has 23 heavy (non-hydrogen) atoms. The van der Waals surface area contributed by atoms with Gasteiger partial charge in [0.05, 0.1) is 29.1 Å². The van der Waals surface area contributed by atoms with Crippen LogP contribution in [0.2, 0.25) is 0 Å². The summed E-state index contributed by atoms with van der Waals surface area (Å²) in [5, 5.41) is 7.25. The summed E-state index contributed by atoms with van der Waals surface area (Å²) in [5.74, 6) is 0.0378. The Bertz CT molecular complexity index is 804. The number of para-hydroxylation sites is 2. The first-order valence-electron chi connectivity index (χ1n) is 7.86. The molecule has 2 heterocycles. The van der Waals surface area contributed by atoms with Gasteiger partial charge in [-0.05, 0) is 24.6 Å². The summed E-state index contributed by atoms with van der Waals surface area (Å²) in [6, 6.07) is 9.88. The van der Waals surface area contributed by atoms with Crippen molar-refractivity contribution in [1.82, 2.24) is 24.6 Å². The van der Waals surface area contributed by atoms with Crippen LogP contribution in [0.4, 0.5) is 0 Å². The van der Waals surface area contributed by atoms with Crippen LogP contribution >= 0.6 is 0 Å². The molecule has 3 aromatic rings. The molecule has 0 saturated carbocycles. The Morgan fingerprint density at radius 1 is 1.30 bits per heavy atom.